The van der Waals surface area contributed by atoms with E-state index in [1.807, 2.05) is 0 Å². The van der Waals surface area contributed by atoms with Crippen LogP contribution in [0.1, 0.15) is 80.1 Å². The molecule has 3 N–H and O–H groups in total. The third-order valence-electron chi connectivity index (χ3n) is 7.63. The average Bonchev–Trinajstić information content (AvgIpc) is 2.93. The van der Waals surface area contributed by atoms with Crippen molar-refractivity contribution < 1.29 is 14.1 Å². The first-order valence-corrected chi connectivity index (χ1v) is 11.0. The normalized spacial score (nSPS) is 36.3. The number of hydrogen-bond acceptors (Lipinski definition) is 4. The molecule has 1 amide bonds. The third kappa shape index (κ3) is 3.82. The van der Waals surface area contributed by atoms with Crippen LogP contribution >= 0.6 is 0 Å². The van der Waals surface area contributed by atoms with Crippen molar-refractivity contribution in [2.24, 2.45) is 28.9 Å². The van der Waals surface area contributed by atoms with E-state index < -0.39 is 0 Å². The number of unbranched alkanes of at least 4 members (excludes halogenated alkanes) is 1. The van der Waals surface area contributed by atoms with E-state index >= 15 is 0 Å². The largest absolute Gasteiger partial charge is 0.475 e. The molecule has 154 valence electrons. The monoisotopic (exact) mass is 378 g/mol. The maximum Gasteiger partial charge on any atom is 0.475 e. The fraction of sp³-hybridized carbons (Fsp3) is 0.952. The number of carbonyl (C=O) groups is 1. The number of hydrogen-bond donors (Lipinski definition) is 2. The number of amides is 1. The number of carbonyl (C=O) groups excluding carboxylic acids is 1. The molecule has 0 spiro atoms. The summed E-state index contributed by atoms with van der Waals surface area (Å²) in [5.41, 5.74) is 5.81. The van der Waals surface area contributed by atoms with Gasteiger partial charge in [-0.05, 0) is 55.8 Å². The maximum absolute atomic E-state index is 12.0. The number of nitrogens with one attached hydrogen (secondary N) is 1. The molecule has 2 bridgehead atoms. The molecule has 0 unspecified atom stereocenters. The molecule has 0 aromatic rings. The Kier molecular flexibility index (Phi) is 6.01. The highest BCUT2D eigenvalue weighted by Gasteiger charge is 2.68. The van der Waals surface area contributed by atoms with Gasteiger partial charge in [0.2, 0.25) is 5.91 Å². The van der Waals surface area contributed by atoms with Gasteiger partial charge in [-0.25, -0.2) is 0 Å². The second-order valence-electron chi connectivity index (χ2n) is 10.3. The van der Waals surface area contributed by atoms with Crippen LogP contribution in [0.2, 0.25) is 0 Å². The van der Waals surface area contributed by atoms with E-state index in [1.165, 1.54) is 6.42 Å². The molecule has 6 atom stereocenters. The summed E-state index contributed by atoms with van der Waals surface area (Å²) < 4.78 is 13.1. The van der Waals surface area contributed by atoms with Crippen LogP contribution in [0, 0.1) is 23.2 Å². The number of rotatable bonds is 9. The zero-order chi connectivity index (χ0) is 20.0. The topological polar surface area (TPSA) is 73.6 Å². The van der Waals surface area contributed by atoms with Crippen LogP contribution in [0.25, 0.3) is 0 Å². The van der Waals surface area contributed by atoms with E-state index in [1.54, 1.807) is 0 Å². The predicted octanol–water partition coefficient (Wildman–Crippen LogP) is 3.30. The third-order valence-corrected chi connectivity index (χ3v) is 7.63. The molecule has 4 fully saturated rings. The zero-order valence-electron chi connectivity index (χ0n) is 18.1. The van der Waals surface area contributed by atoms with Crippen molar-refractivity contribution in [1.82, 2.24) is 5.32 Å². The molecule has 5 nitrogen and oxygen atoms in total. The lowest BCUT2D eigenvalue weighted by Crippen LogP contribution is -2.65. The Labute approximate surface area is 165 Å². The van der Waals surface area contributed by atoms with Gasteiger partial charge in [0.1, 0.15) is 0 Å². The summed E-state index contributed by atoms with van der Waals surface area (Å²) in [4.78, 5) is 12.0. The van der Waals surface area contributed by atoms with E-state index in [0.29, 0.717) is 17.3 Å². The Morgan fingerprint density at radius 2 is 2.00 bits per heavy atom. The smallest absolute Gasteiger partial charge is 0.404 e. The molecule has 1 heterocycles. The Hall–Kier alpha value is -0.585. The van der Waals surface area contributed by atoms with E-state index in [0.717, 1.165) is 38.0 Å². The van der Waals surface area contributed by atoms with Gasteiger partial charge in [-0.15, -0.1) is 0 Å². The average molecular weight is 378 g/mol. The van der Waals surface area contributed by atoms with Crippen LogP contribution in [0.3, 0.4) is 0 Å². The molecule has 0 aromatic heterocycles. The minimum absolute atomic E-state index is 0.00365. The van der Waals surface area contributed by atoms with E-state index in [2.05, 4.69) is 46.9 Å². The lowest BCUT2D eigenvalue weighted by Gasteiger charge is -2.64. The van der Waals surface area contributed by atoms with Crippen LogP contribution in [0.5, 0.6) is 0 Å². The molecule has 1 saturated heterocycles. The highest BCUT2D eigenvalue weighted by Crippen LogP contribution is 2.65. The van der Waals surface area contributed by atoms with E-state index in [-0.39, 0.29) is 36.7 Å². The van der Waals surface area contributed by atoms with Crippen molar-refractivity contribution in [3.8, 4) is 0 Å². The summed E-state index contributed by atoms with van der Waals surface area (Å²) in [5, 5.41) is 3.51. The van der Waals surface area contributed by atoms with Crippen LogP contribution in [0.4, 0.5) is 0 Å². The van der Waals surface area contributed by atoms with Crippen molar-refractivity contribution in [1.29, 1.82) is 0 Å². The van der Waals surface area contributed by atoms with Gasteiger partial charge in [0.25, 0.3) is 0 Å². The molecule has 0 radical (unpaired) electrons. The van der Waals surface area contributed by atoms with Gasteiger partial charge in [0.15, 0.2) is 0 Å². The summed E-state index contributed by atoms with van der Waals surface area (Å²) in [5.74, 6) is 1.41. The van der Waals surface area contributed by atoms with Crippen molar-refractivity contribution in [2.45, 2.75) is 104 Å². The molecule has 4 rings (SSSR count). The molecule has 6 heteroatoms. The van der Waals surface area contributed by atoms with Crippen molar-refractivity contribution in [2.75, 3.05) is 0 Å². The lowest BCUT2D eigenvalue weighted by molar-refractivity contribution is -0.199. The summed E-state index contributed by atoms with van der Waals surface area (Å²) in [6, 6.07) is -0.334. The minimum atomic E-state index is -0.334. The standard InChI is InChI=1S/C21H39BN2O3/c1-7-8-9-18(24-15(19(23)25)10-13(2)3)22-26-17-12-14-11-16(20(14,4)5)21(17,6)27-22/h13-18,24H,7-12H2,1-6H3,(H2,23,25)/t14-,15-,16-,17+,18-,21-/m0/s1. The lowest BCUT2D eigenvalue weighted by atomic mass is 9.43. The molecule has 0 aromatic carbocycles. The minimum Gasteiger partial charge on any atom is -0.404 e. The van der Waals surface area contributed by atoms with Gasteiger partial charge in [-0.3, -0.25) is 4.79 Å². The summed E-state index contributed by atoms with van der Waals surface area (Å²) in [6.45, 7) is 13.4. The maximum atomic E-state index is 12.0. The molecule has 4 aliphatic rings. The van der Waals surface area contributed by atoms with Gasteiger partial charge < -0.3 is 20.4 Å². The Morgan fingerprint density at radius 1 is 1.30 bits per heavy atom. The molecule has 3 saturated carbocycles. The first-order valence-electron chi connectivity index (χ1n) is 11.0. The summed E-state index contributed by atoms with van der Waals surface area (Å²) in [7, 11) is -0.296. The van der Waals surface area contributed by atoms with Gasteiger partial charge in [0, 0.05) is 5.94 Å². The van der Waals surface area contributed by atoms with Gasteiger partial charge >= 0.3 is 7.12 Å². The number of nitrogens with two attached hydrogens (primary N) is 1. The van der Waals surface area contributed by atoms with Crippen LogP contribution in [-0.4, -0.2) is 36.7 Å². The highest BCUT2D eigenvalue weighted by atomic mass is 16.7. The van der Waals surface area contributed by atoms with Crippen LogP contribution in [-0.2, 0) is 14.1 Å². The molecular formula is C21H39BN2O3. The van der Waals surface area contributed by atoms with Gasteiger partial charge in [-0.2, -0.15) is 0 Å². The Bertz CT molecular complexity index is 556. The zero-order valence-corrected chi connectivity index (χ0v) is 18.1. The van der Waals surface area contributed by atoms with Crippen molar-refractivity contribution in [3.05, 3.63) is 0 Å². The molecular weight excluding hydrogens is 339 g/mol. The second kappa shape index (κ2) is 7.68. The first-order chi connectivity index (χ1) is 12.6. The summed E-state index contributed by atoms with van der Waals surface area (Å²) >= 11 is 0. The van der Waals surface area contributed by atoms with Crippen LogP contribution in [0.15, 0.2) is 0 Å². The Balaban J connectivity index is 1.73. The van der Waals surface area contributed by atoms with E-state index in [4.69, 9.17) is 15.0 Å². The van der Waals surface area contributed by atoms with Gasteiger partial charge in [-0.1, -0.05) is 47.5 Å². The predicted molar refractivity (Wildman–Crippen MR) is 109 cm³/mol. The SMILES string of the molecule is CCCC[C@H](N[C@@H](CC(C)C)C(N)=O)B1O[C@@H]2C[C@@H]3C[C@@H](C3(C)C)[C@]2(C)O1. The Morgan fingerprint density at radius 3 is 2.56 bits per heavy atom. The van der Waals surface area contributed by atoms with E-state index in [9.17, 15) is 4.79 Å². The van der Waals surface area contributed by atoms with Crippen molar-refractivity contribution in [3.63, 3.8) is 0 Å². The van der Waals surface area contributed by atoms with Crippen molar-refractivity contribution >= 4 is 13.0 Å². The molecule has 3 aliphatic carbocycles. The fourth-order valence-electron chi connectivity index (χ4n) is 5.79. The summed E-state index contributed by atoms with van der Waals surface area (Å²) in [6.07, 6.45) is 6.36. The molecule has 27 heavy (non-hydrogen) atoms. The number of primary amides is 1. The van der Waals surface area contributed by atoms with Gasteiger partial charge in [0.05, 0.1) is 17.7 Å². The first kappa shape index (κ1) is 21.1. The second-order valence-corrected chi connectivity index (χ2v) is 10.3. The quantitative estimate of drug-likeness (QED) is 0.604. The molecule has 1 aliphatic heterocycles. The van der Waals surface area contributed by atoms with Crippen LogP contribution < -0.4 is 11.1 Å². The fourth-order valence-corrected chi connectivity index (χ4v) is 5.79. The highest BCUT2D eigenvalue weighted by molar-refractivity contribution is 6.47.